The van der Waals surface area contributed by atoms with E-state index in [2.05, 4.69) is 10.2 Å². The van der Waals surface area contributed by atoms with Crippen molar-refractivity contribution < 1.29 is 9.90 Å². The molecule has 20 heavy (non-hydrogen) atoms. The molecule has 0 unspecified atom stereocenters. The lowest BCUT2D eigenvalue weighted by molar-refractivity contribution is -0.121. The number of anilines is 1. The van der Waals surface area contributed by atoms with Crippen molar-refractivity contribution in [3.05, 3.63) is 24.3 Å². The molecule has 1 aromatic carbocycles. The average molecular weight is 300 g/mol. The van der Waals surface area contributed by atoms with Gasteiger partial charge in [0.1, 0.15) is 5.75 Å². The molecule has 112 valence electrons. The molecular weight excluding hydrogens is 278 g/mol. The van der Waals surface area contributed by atoms with E-state index in [4.69, 9.17) is 5.73 Å². The summed E-state index contributed by atoms with van der Waals surface area (Å²) >= 11 is 0. The van der Waals surface area contributed by atoms with Gasteiger partial charge in [-0.3, -0.25) is 4.79 Å². The van der Waals surface area contributed by atoms with Gasteiger partial charge in [-0.25, -0.2) is 0 Å². The molecule has 0 atom stereocenters. The molecule has 0 aromatic heterocycles. The number of carbonyl (C=O) groups is 1. The third-order valence-electron chi connectivity index (χ3n) is 3.54. The molecule has 0 aliphatic carbocycles. The molecule has 1 saturated heterocycles. The van der Waals surface area contributed by atoms with Gasteiger partial charge in [0.15, 0.2) is 0 Å². The number of rotatable bonds is 4. The highest BCUT2D eigenvalue weighted by atomic mass is 35.5. The number of likely N-dealkylation sites (tertiary alicyclic amines) is 1. The van der Waals surface area contributed by atoms with E-state index < -0.39 is 0 Å². The number of carbonyl (C=O) groups excluding carboxylic acids is 1. The summed E-state index contributed by atoms with van der Waals surface area (Å²) in [6.07, 6.45) is 1.76. The van der Waals surface area contributed by atoms with Gasteiger partial charge in [0.05, 0.1) is 0 Å². The van der Waals surface area contributed by atoms with Crippen molar-refractivity contribution in [2.24, 2.45) is 11.7 Å². The van der Waals surface area contributed by atoms with E-state index in [1.807, 2.05) is 0 Å². The summed E-state index contributed by atoms with van der Waals surface area (Å²) in [6, 6.07) is 6.55. The Morgan fingerprint density at radius 2 is 1.90 bits per heavy atom. The number of phenolic OH excluding ortho intramolecular Hbond substituents is 1. The number of halogens is 1. The van der Waals surface area contributed by atoms with Crippen molar-refractivity contribution in [3.8, 4) is 5.75 Å². The van der Waals surface area contributed by atoms with Crippen LogP contribution in [0.15, 0.2) is 24.3 Å². The van der Waals surface area contributed by atoms with E-state index in [0.717, 1.165) is 38.2 Å². The van der Waals surface area contributed by atoms with Gasteiger partial charge >= 0.3 is 0 Å². The van der Waals surface area contributed by atoms with Crippen LogP contribution in [0.3, 0.4) is 0 Å². The largest absolute Gasteiger partial charge is 0.508 e. The van der Waals surface area contributed by atoms with Gasteiger partial charge in [0, 0.05) is 24.7 Å². The van der Waals surface area contributed by atoms with E-state index in [1.165, 1.54) is 0 Å². The number of hydrogen-bond acceptors (Lipinski definition) is 4. The Morgan fingerprint density at radius 3 is 2.45 bits per heavy atom. The number of piperidine rings is 1. The highest BCUT2D eigenvalue weighted by Gasteiger charge is 2.24. The Labute approximate surface area is 125 Å². The Hall–Kier alpha value is -1.30. The zero-order valence-electron chi connectivity index (χ0n) is 11.4. The van der Waals surface area contributed by atoms with Crippen LogP contribution in [0.1, 0.15) is 12.8 Å². The fourth-order valence-corrected chi connectivity index (χ4v) is 2.39. The number of nitrogens with two attached hydrogens (primary N) is 1. The Bertz CT molecular complexity index is 417. The molecule has 6 heteroatoms. The number of phenols is 1. The van der Waals surface area contributed by atoms with Crippen molar-refractivity contribution in [2.75, 3.05) is 31.5 Å². The van der Waals surface area contributed by atoms with E-state index in [0.29, 0.717) is 6.54 Å². The molecule has 0 spiro atoms. The lowest BCUT2D eigenvalue weighted by Gasteiger charge is -2.30. The van der Waals surface area contributed by atoms with Crippen LogP contribution < -0.4 is 11.1 Å². The van der Waals surface area contributed by atoms with Crippen molar-refractivity contribution in [1.82, 2.24) is 4.90 Å². The Morgan fingerprint density at radius 1 is 1.30 bits per heavy atom. The third-order valence-corrected chi connectivity index (χ3v) is 3.54. The van der Waals surface area contributed by atoms with Gasteiger partial charge in [0.25, 0.3) is 0 Å². The number of hydrogen-bond donors (Lipinski definition) is 3. The second-order valence-electron chi connectivity index (χ2n) is 4.94. The molecule has 0 radical (unpaired) electrons. The summed E-state index contributed by atoms with van der Waals surface area (Å²) < 4.78 is 0. The van der Waals surface area contributed by atoms with Crippen molar-refractivity contribution in [1.29, 1.82) is 0 Å². The van der Waals surface area contributed by atoms with Gasteiger partial charge in [-0.1, -0.05) is 0 Å². The molecule has 1 amide bonds. The molecule has 2 rings (SSSR count). The fourth-order valence-electron chi connectivity index (χ4n) is 2.39. The molecule has 1 aromatic rings. The standard InChI is InChI=1S/C14H21N3O2.ClH/c15-7-10-17-8-5-11(6-9-17)14(19)16-12-1-3-13(18)4-2-12;/h1-4,11,18H,5-10,15H2,(H,16,19);1H. The summed E-state index contributed by atoms with van der Waals surface area (Å²) in [7, 11) is 0. The van der Waals surface area contributed by atoms with Crippen LogP contribution in [0.2, 0.25) is 0 Å². The van der Waals surface area contributed by atoms with Crippen LogP contribution in [0.5, 0.6) is 5.75 Å². The zero-order valence-corrected chi connectivity index (χ0v) is 12.2. The second-order valence-corrected chi connectivity index (χ2v) is 4.94. The van der Waals surface area contributed by atoms with Gasteiger partial charge in [-0.15, -0.1) is 12.4 Å². The van der Waals surface area contributed by atoms with Gasteiger partial charge in [-0.2, -0.15) is 0 Å². The van der Waals surface area contributed by atoms with E-state index in [1.54, 1.807) is 24.3 Å². The molecular formula is C14H22ClN3O2. The SMILES string of the molecule is Cl.NCCN1CCC(C(=O)Nc2ccc(O)cc2)CC1. The monoisotopic (exact) mass is 299 g/mol. The van der Waals surface area contributed by atoms with Crippen LogP contribution >= 0.6 is 12.4 Å². The lowest BCUT2D eigenvalue weighted by atomic mass is 9.96. The first-order chi connectivity index (χ1) is 9.19. The van der Waals surface area contributed by atoms with E-state index >= 15 is 0 Å². The normalized spacial score (nSPS) is 16.4. The molecule has 0 bridgehead atoms. The molecule has 4 N–H and O–H groups in total. The van der Waals surface area contributed by atoms with E-state index in [-0.39, 0.29) is 30.0 Å². The third kappa shape index (κ3) is 4.67. The smallest absolute Gasteiger partial charge is 0.227 e. The topological polar surface area (TPSA) is 78.6 Å². The zero-order chi connectivity index (χ0) is 13.7. The molecule has 1 aliphatic rings. The summed E-state index contributed by atoms with van der Waals surface area (Å²) in [5.41, 5.74) is 6.26. The first kappa shape index (κ1) is 16.8. The number of benzene rings is 1. The second kappa shape index (κ2) is 8.09. The average Bonchev–Trinajstić information content (AvgIpc) is 2.42. The minimum Gasteiger partial charge on any atom is -0.508 e. The van der Waals surface area contributed by atoms with Crippen LogP contribution in [0, 0.1) is 5.92 Å². The minimum atomic E-state index is 0. The maximum Gasteiger partial charge on any atom is 0.227 e. The summed E-state index contributed by atoms with van der Waals surface area (Å²) in [6.45, 7) is 3.45. The first-order valence-corrected chi connectivity index (χ1v) is 6.71. The van der Waals surface area contributed by atoms with Gasteiger partial charge in [-0.05, 0) is 50.2 Å². The number of amides is 1. The summed E-state index contributed by atoms with van der Waals surface area (Å²) in [4.78, 5) is 14.4. The highest BCUT2D eigenvalue weighted by Crippen LogP contribution is 2.20. The fraction of sp³-hybridized carbons (Fsp3) is 0.500. The molecule has 1 aliphatic heterocycles. The maximum atomic E-state index is 12.1. The van der Waals surface area contributed by atoms with Gasteiger partial charge < -0.3 is 21.1 Å². The number of nitrogens with one attached hydrogen (secondary N) is 1. The van der Waals surface area contributed by atoms with Crippen LogP contribution in [-0.2, 0) is 4.79 Å². The Balaban J connectivity index is 0.00000200. The molecule has 5 nitrogen and oxygen atoms in total. The highest BCUT2D eigenvalue weighted by molar-refractivity contribution is 5.92. The van der Waals surface area contributed by atoms with Crippen LogP contribution in [0.25, 0.3) is 0 Å². The lowest BCUT2D eigenvalue weighted by Crippen LogP contribution is -2.40. The predicted molar refractivity (Wildman–Crippen MR) is 82.2 cm³/mol. The summed E-state index contributed by atoms with van der Waals surface area (Å²) in [5, 5.41) is 12.1. The minimum absolute atomic E-state index is 0. The van der Waals surface area contributed by atoms with Crippen molar-refractivity contribution in [3.63, 3.8) is 0 Å². The van der Waals surface area contributed by atoms with Crippen LogP contribution in [-0.4, -0.2) is 42.1 Å². The maximum absolute atomic E-state index is 12.1. The predicted octanol–water partition coefficient (Wildman–Crippen LogP) is 1.42. The van der Waals surface area contributed by atoms with Crippen molar-refractivity contribution >= 4 is 24.0 Å². The number of nitrogens with zero attached hydrogens (tertiary/aromatic N) is 1. The molecule has 1 heterocycles. The van der Waals surface area contributed by atoms with Crippen molar-refractivity contribution in [2.45, 2.75) is 12.8 Å². The molecule has 0 saturated carbocycles. The molecule has 1 fully saturated rings. The quantitative estimate of drug-likeness (QED) is 0.735. The van der Waals surface area contributed by atoms with E-state index in [9.17, 15) is 9.90 Å². The number of aromatic hydroxyl groups is 1. The van der Waals surface area contributed by atoms with Gasteiger partial charge in [0.2, 0.25) is 5.91 Å². The van der Waals surface area contributed by atoms with Crippen LogP contribution in [0.4, 0.5) is 5.69 Å². The first-order valence-electron chi connectivity index (χ1n) is 6.71. The Kier molecular flexibility index (Phi) is 6.78. The summed E-state index contributed by atoms with van der Waals surface area (Å²) in [5.74, 6) is 0.342.